The molecule has 5 heteroatoms. The number of hydrogen-bond acceptors (Lipinski definition) is 3. The second-order valence-electron chi connectivity index (χ2n) is 5.32. The van der Waals surface area contributed by atoms with Gasteiger partial charge in [-0.05, 0) is 37.6 Å². The highest BCUT2D eigenvalue weighted by Crippen LogP contribution is 2.21. The van der Waals surface area contributed by atoms with Gasteiger partial charge in [-0.25, -0.2) is 4.79 Å². The molecule has 1 fully saturated rings. The SMILES string of the molecule is Cc1cccc(CN2C(=O)NC(=Cc3ccc(C)s3)C2=O)c1. The summed E-state index contributed by atoms with van der Waals surface area (Å²) in [6.45, 7) is 4.28. The zero-order valence-corrected chi connectivity index (χ0v) is 13.2. The van der Waals surface area contributed by atoms with Crippen LogP contribution in [0.2, 0.25) is 0 Å². The first-order chi connectivity index (χ1) is 10.5. The van der Waals surface area contributed by atoms with Gasteiger partial charge in [0.1, 0.15) is 5.70 Å². The Morgan fingerprint density at radius 3 is 2.68 bits per heavy atom. The number of aryl methyl sites for hydroxylation is 2. The molecule has 112 valence electrons. The van der Waals surface area contributed by atoms with Gasteiger partial charge in [-0.2, -0.15) is 0 Å². The summed E-state index contributed by atoms with van der Waals surface area (Å²) < 4.78 is 0. The minimum atomic E-state index is -0.369. The maximum atomic E-state index is 12.4. The van der Waals surface area contributed by atoms with Crippen LogP contribution in [0.25, 0.3) is 6.08 Å². The zero-order valence-electron chi connectivity index (χ0n) is 12.4. The molecule has 3 amide bonds. The smallest absolute Gasteiger partial charge is 0.303 e. The molecule has 1 aliphatic rings. The number of carbonyl (C=O) groups is 2. The number of carbonyl (C=O) groups excluding carboxylic acids is 2. The standard InChI is InChI=1S/C17H16N2O2S/c1-11-4-3-5-13(8-11)10-19-16(20)15(18-17(19)21)9-14-7-6-12(2)22-14/h3-9H,10H2,1-2H3,(H,18,21). The number of amides is 3. The Bertz CT molecular complexity index is 776. The first kappa shape index (κ1) is 14.5. The molecular weight excluding hydrogens is 296 g/mol. The number of imide groups is 1. The normalized spacial score (nSPS) is 16.5. The van der Waals surface area contributed by atoms with Crippen molar-refractivity contribution in [2.45, 2.75) is 20.4 Å². The van der Waals surface area contributed by atoms with E-state index in [0.717, 1.165) is 16.0 Å². The second kappa shape index (κ2) is 5.77. The maximum Gasteiger partial charge on any atom is 0.329 e. The highest BCUT2D eigenvalue weighted by Gasteiger charge is 2.33. The Morgan fingerprint density at radius 2 is 2.00 bits per heavy atom. The van der Waals surface area contributed by atoms with Gasteiger partial charge in [0.2, 0.25) is 0 Å². The van der Waals surface area contributed by atoms with Crippen molar-refractivity contribution in [2.75, 3.05) is 0 Å². The molecule has 1 aromatic carbocycles. The van der Waals surface area contributed by atoms with Crippen LogP contribution in [0.4, 0.5) is 4.79 Å². The summed E-state index contributed by atoms with van der Waals surface area (Å²) in [6.07, 6.45) is 1.73. The fourth-order valence-electron chi connectivity index (χ4n) is 2.38. The number of hydrogen-bond donors (Lipinski definition) is 1. The van der Waals surface area contributed by atoms with Crippen molar-refractivity contribution in [2.24, 2.45) is 0 Å². The van der Waals surface area contributed by atoms with Gasteiger partial charge in [-0.3, -0.25) is 9.69 Å². The molecule has 4 nitrogen and oxygen atoms in total. The van der Waals surface area contributed by atoms with Crippen molar-refractivity contribution in [3.63, 3.8) is 0 Å². The van der Waals surface area contributed by atoms with Gasteiger partial charge in [0, 0.05) is 9.75 Å². The van der Waals surface area contributed by atoms with Crippen LogP contribution in [0.15, 0.2) is 42.1 Å². The lowest BCUT2D eigenvalue weighted by atomic mass is 10.1. The van der Waals surface area contributed by atoms with Gasteiger partial charge in [0.25, 0.3) is 5.91 Å². The van der Waals surface area contributed by atoms with E-state index in [-0.39, 0.29) is 18.5 Å². The molecular formula is C17H16N2O2S. The molecule has 0 unspecified atom stereocenters. The topological polar surface area (TPSA) is 49.4 Å². The molecule has 0 atom stereocenters. The van der Waals surface area contributed by atoms with E-state index in [2.05, 4.69) is 5.32 Å². The maximum absolute atomic E-state index is 12.4. The van der Waals surface area contributed by atoms with E-state index in [9.17, 15) is 9.59 Å². The van der Waals surface area contributed by atoms with Crippen LogP contribution >= 0.6 is 11.3 Å². The lowest BCUT2D eigenvalue weighted by Gasteiger charge is -2.12. The quantitative estimate of drug-likeness (QED) is 0.697. The number of benzene rings is 1. The highest BCUT2D eigenvalue weighted by molar-refractivity contribution is 7.12. The summed E-state index contributed by atoms with van der Waals surface area (Å²) in [6, 6.07) is 11.4. The summed E-state index contributed by atoms with van der Waals surface area (Å²) in [4.78, 5) is 27.8. The Morgan fingerprint density at radius 1 is 1.18 bits per heavy atom. The fraction of sp³-hybridized carbons (Fsp3) is 0.176. The summed E-state index contributed by atoms with van der Waals surface area (Å²) in [5, 5.41) is 2.65. The van der Waals surface area contributed by atoms with E-state index < -0.39 is 0 Å². The average Bonchev–Trinajstić information content (AvgIpc) is 2.98. The van der Waals surface area contributed by atoms with Gasteiger partial charge in [-0.15, -0.1) is 11.3 Å². The predicted molar refractivity (Wildman–Crippen MR) is 87.3 cm³/mol. The molecule has 2 heterocycles. The van der Waals surface area contributed by atoms with Crippen LogP contribution in [-0.2, 0) is 11.3 Å². The van der Waals surface area contributed by atoms with Gasteiger partial charge >= 0.3 is 6.03 Å². The van der Waals surface area contributed by atoms with Crippen LogP contribution in [0.5, 0.6) is 0 Å². The second-order valence-corrected chi connectivity index (χ2v) is 6.64. The van der Waals surface area contributed by atoms with Crippen LogP contribution in [0.1, 0.15) is 20.9 Å². The van der Waals surface area contributed by atoms with E-state index in [1.54, 1.807) is 17.4 Å². The van der Waals surface area contributed by atoms with Crippen molar-refractivity contribution in [3.05, 3.63) is 63.0 Å². The summed E-state index contributed by atoms with van der Waals surface area (Å²) in [7, 11) is 0. The number of nitrogens with zero attached hydrogens (tertiary/aromatic N) is 1. The van der Waals surface area contributed by atoms with Crippen molar-refractivity contribution < 1.29 is 9.59 Å². The summed E-state index contributed by atoms with van der Waals surface area (Å²) >= 11 is 1.59. The minimum Gasteiger partial charge on any atom is -0.303 e. The predicted octanol–water partition coefficient (Wildman–Crippen LogP) is 3.46. The number of rotatable bonds is 3. The number of urea groups is 1. The summed E-state index contributed by atoms with van der Waals surface area (Å²) in [5.41, 5.74) is 2.38. The zero-order chi connectivity index (χ0) is 15.7. The van der Waals surface area contributed by atoms with Gasteiger partial charge in [-0.1, -0.05) is 29.8 Å². The third-order valence-electron chi connectivity index (χ3n) is 3.43. The molecule has 0 saturated carbocycles. The molecule has 0 bridgehead atoms. The monoisotopic (exact) mass is 312 g/mol. The highest BCUT2D eigenvalue weighted by atomic mass is 32.1. The van der Waals surface area contributed by atoms with Crippen molar-refractivity contribution in [1.82, 2.24) is 10.2 Å². The van der Waals surface area contributed by atoms with Crippen molar-refractivity contribution in [1.29, 1.82) is 0 Å². The number of thiophene rings is 1. The van der Waals surface area contributed by atoms with Gasteiger partial charge in [0.05, 0.1) is 6.54 Å². The molecule has 1 aromatic heterocycles. The molecule has 1 aliphatic heterocycles. The molecule has 0 aliphatic carbocycles. The first-order valence-corrected chi connectivity index (χ1v) is 7.81. The molecule has 0 radical (unpaired) electrons. The Hall–Kier alpha value is -2.40. The van der Waals surface area contributed by atoms with Crippen LogP contribution < -0.4 is 5.32 Å². The first-order valence-electron chi connectivity index (χ1n) is 6.99. The molecule has 2 aromatic rings. The van der Waals surface area contributed by atoms with Crippen LogP contribution in [0.3, 0.4) is 0 Å². The molecule has 22 heavy (non-hydrogen) atoms. The van der Waals surface area contributed by atoms with E-state index in [0.29, 0.717) is 5.70 Å². The largest absolute Gasteiger partial charge is 0.329 e. The van der Waals surface area contributed by atoms with Gasteiger partial charge in [0.15, 0.2) is 0 Å². The Labute approximate surface area is 133 Å². The number of nitrogens with one attached hydrogen (secondary N) is 1. The van der Waals surface area contributed by atoms with Crippen molar-refractivity contribution in [3.8, 4) is 0 Å². The third-order valence-corrected chi connectivity index (χ3v) is 4.38. The lowest BCUT2D eigenvalue weighted by molar-refractivity contribution is -0.123. The van der Waals surface area contributed by atoms with E-state index >= 15 is 0 Å². The molecule has 1 saturated heterocycles. The Balaban J connectivity index is 1.81. The fourth-order valence-corrected chi connectivity index (χ4v) is 3.20. The molecule has 3 rings (SSSR count). The van der Waals surface area contributed by atoms with E-state index in [4.69, 9.17) is 0 Å². The van der Waals surface area contributed by atoms with E-state index in [1.165, 1.54) is 9.78 Å². The summed E-state index contributed by atoms with van der Waals surface area (Å²) in [5.74, 6) is -0.280. The van der Waals surface area contributed by atoms with E-state index in [1.807, 2.05) is 50.2 Å². The molecule has 0 spiro atoms. The lowest BCUT2D eigenvalue weighted by Crippen LogP contribution is -2.30. The van der Waals surface area contributed by atoms with Gasteiger partial charge < -0.3 is 5.32 Å². The third kappa shape index (κ3) is 2.94. The van der Waals surface area contributed by atoms with Crippen LogP contribution in [0, 0.1) is 13.8 Å². The molecule has 1 N–H and O–H groups in total. The Kier molecular flexibility index (Phi) is 3.81. The average molecular weight is 312 g/mol. The van der Waals surface area contributed by atoms with Crippen molar-refractivity contribution >= 4 is 29.4 Å². The minimum absolute atomic E-state index is 0.280. The van der Waals surface area contributed by atoms with Crippen LogP contribution in [-0.4, -0.2) is 16.8 Å².